The summed E-state index contributed by atoms with van der Waals surface area (Å²) in [7, 11) is 1.44. The van der Waals surface area contributed by atoms with Crippen LogP contribution in [0.4, 0.5) is 0 Å². The third kappa shape index (κ3) is 5.13. The standard InChI is InChI=1S/C23H20O6/c1-27-18-12-19(24)22(21(13-18)28-14-16-8-4-2-5-9-16)20(25)15-29-23(26)17-10-6-3-7-11-17/h2-13,24H,14-15H2,1H3. The third-order valence-corrected chi connectivity index (χ3v) is 4.15. The number of ketones is 1. The van der Waals surface area contributed by atoms with Crippen LogP contribution in [0, 0.1) is 0 Å². The molecule has 6 heteroatoms. The second-order valence-corrected chi connectivity index (χ2v) is 6.16. The number of carbonyl (C=O) groups excluding carboxylic acids is 2. The highest BCUT2D eigenvalue weighted by Gasteiger charge is 2.21. The molecule has 0 aliphatic heterocycles. The molecule has 0 heterocycles. The first-order valence-electron chi connectivity index (χ1n) is 8.91. The van der Waals surface area contributed by atoms with Crippen molar-refractivity contribution >= 4 is 11.8 Å². The van der Waals surface area contributed by atoms with E-state index in [9.17, 15) is 14.7 Å². The van der Waals surface area contributed by atoms with E-state index in [0.29, 0.717) is 11.3 Å². The van der Waals surface area contributed by atoms with E-state index in [-0.39, 0.29) is 23.7 Å². The largest absolute Gasteiger partial charge is 0.507 e. The summed E-state index contributed by atoms with van der Waals surface area (Å²) in [6.45, 7) is -0.340. The molecule has 0 aliphatic carbocycles. The highest BCUT2D eigenvalue weighted by Crippen LogP contribution is 2.34. The van der Waals surface area contributed by atoms with Crippen LogP contribution in [0.5, 0.6) is 17.2 Å². The van der Waals surface area contributed by atoms with E-state index in [1.165, 1.54) is 19.2 Å². The minimum absolute atomic E-state index is 0.0670. The first-order chi connectivity index (χ1) is 14.1. The lowest BCUT2D eigenvalue weighted by atomic mass is 10.1. The van der Waals surface area contributed by atoms with Crippen molar-refractivity contribution in [2.45, 2.75) is 6.61 Å². The van der Waals surface area contributed by atoms with E-state index in [2.05, 4.69) is 0 Å². The number of phenols is 1. The van der Waals surface area contributed by atoms with Gasteiger partial charge in [0.2, 0.25) is 5.78 Å². The van der Waals surface area contributed by atoms with Gasteiger partial charge in [-0.3, -0.25) is 4.79 Å². The molecule has 6 nitrogen and oxygen atoms in total. The van der Waals surface area contributed by atoms with Gasteiger partial charge in [-0.2, -0.15) is 0 Å². The van der Waals surface area contributed by atoms with Crippen molar-refractivity contribution in [2.75, 3.05) is 13.7 Å². The number of aromatic hydroxyl groups is 1. The van der Waals surface area contributed by atoms with Gasteiger partial charge in [0.05, 0.1) is 12.7 Å². The number of carbonyl (C=O) groups is 2. The Hall–Kier alpha value is -3.80. The first-order valence-corrected chi connectivity index (χ1v) is 8.91. The van der Waals surface area contributed by atoms with Gasteiger partial charge in [-0.15, -0.1) is 0 Å². The molecule has 0 saturated carbocycles. The number of benzene rings is 3. The molecule has 3 aromatic carbocycles. The smallest absolute Gasteiger partial charge is 0.338 e. The molecule has 0 fully saturated rings. The molecule has 0 amide bonds. The molecule has 0 bridgehead atoms. The second kappa shape index (κ2) is 9.41. The van der Waals surface area contributed by atoms with E-state index in [1.54, 1.807) is 30.3 Å². The highest BCUT2D eigenvalue weighted by atomic mass is 16.5. The Kier molecular flexibility index (Phi) is 6.47. The highest BCUT2D eigenvalue weighted by molar-refractivity contribution is 6.03. The van der Waals surface area contributed by atoms with Gasteiger partial charge in [-0.25, -0.2) is 4.79 Å². The summed E-state index contributed by atoms with van der Waals surface area (Å²) in [5.41, 5.74) is 1.16. The van der Waals surface area contributed by atoms with Crippen LogP contribution in [-0.4, -0.2) is 30.6 Å². The molecule has 0 radical (unpaired) electrons. The Balaban J connectivity index is 1.77. The summed E-state index contributed by atoms with van der Waals surface area (Å²) < 4.78 is 16.0. The van der Waals surface area contributed by atoms with Gasteiger partial charge < -0.3 is 19.3 Å². The number of hydrogen-bond donors (Lipinski definition) is 1. The molecule has 0 atom stereocenters. The number of Topliss-reactive ketones (excluding diaryl/α,β-unsaturated/α-hetero) is 1. The number of esters is 1. The quantitative estimate of drug-likeness (QED) is 0.461. The van der Waals surface area contributed by atoms with Crippen molar-refractivity contribution in [1.82, 2.24) is 0 Å². The SMILES string of the molecule is COc1cc(O)c(C(=O)COC(=O)c2ccccc2)c(OCc2ccccc2)c1. The van der Waals surface area contributed by atoms with E-state index in [1.807, 2.05) is 30.3 Å². The Morgan fingerprint density at radius 2 is 1.59 bits per heavy atom. The van der Waals surface area contributed by atoms with Crippen LogP contribution in [0.1, 0.15) is 26.3 Å². The van der Waals surface area contributed by atoms with Gasteiger partial charge in [-0.05, 0) is 17.7 Å². The fourth-order valence-electron chi connectivity index (χ4n) is 2.68. The minimum Gasteiger partial charge on any atom is -0.507 e. The number of phenolic OH excluding ortho intramolecular Hbond substituents is 1. The van der Waals surface area contributed by atoms with E-state index in [4.69, 9.17) is 14.2 Å². The van der Waals surface area contributed by atoms with Gasteiger partial charge in [0.15, 0.2) is 6.61 Å². The number of hydrogen-bond acceptors (Lipinski definition) is 6. The van der Waals surface area contributed by atoms with Gasteiger partial charge in [0.25, 0.3) is 0 Å². The molecule has 1 N–H and O–H groups in total. The fraction of sp³-hybridized carbons (Fsp3) is 0.130. The van der Waals surface area contributed by atoms with Crippen LogP contribution in [0.15, 0.2) is 72.8 Å². The summed E-state index contributed by atoms with van der Waals surface area (Å²) in [6, 6.07) is 20.5. The Bertz CT molecular complexity index is 983. The van der Waals surface area contributed by atoms with Crippen molar-refractivity contribution in [1.29, 1.82) is 0 Å². The van der Waals surface area contributed by atoms with Crippen molar-refractivity contribution in [2.24, 2.45) is 0 Å². The molecular weight excluding hydrogens is 372 g/mol. The van der Waals surface area contributed by atoms with Gasteiger partial charge >= 0.3 is 5.97 Å². The molecule has 0 saturated heterocycles. The van der Waals surface area contributed by atoms with Gasteiger partial charge in [0, 0.05) is 12.1 Å². The van der Waals surface area contributed by atoms with Crippen LogP contribution < -0.4 is 9.47 Å². The monoisotopic (exact) mass is 392 g/mol. The van der Waals surface area contributed by atoms with Crippen molar-refractivity contribution in [3.8, 4) is 17.2 Å². The van der Waals surface area contributed by atoms with Crippen molar-refractivity contribution in [3.63, 3.8) is 0 Å². The van der Waals surface area contributed by atoms with Crippen molar-refractivity contribution in [3.05, 3.63) is 89.5 Å². The molecule has 0 aromatic heterocycles. The first kappa shape index (κ1) is 19.9. The van der Waals surface area contributed by atoms with E-state index >= 15 is 0 Å². The zero-order chi connectivity index (χ0) is 20.6. The third-order valence-electron chi connectivity index (χ3n) is 4.15. The molecule has 0 unspecified atom stereocenters. The van der Waals surface area contributed by atoms with Crippen LogP contribution in [0.25, 0.3) is 0 Å². The van der Waals surface area contributed by atoms with Crippen LogP contribution in [0.3, 0.4) is 0 Å². The predicted octanol–water partition coefficient (Wildman–Crippen LogP) is 4.02. The van der Waals surface area contributed by atoms with Crippen LogP contribution >= 0.6 is 0 Å². The molecule has 148 valence electrons. The average Bonchev–Trinajstić information content (AvgIpc) is 2.76. The molecule has 0 spiro atoms. The average molecular weight is 392 g/mol. The summed E-state index contributed by atoms with van der Waals surface area (Å²) in [4.78, 5) is 24.7. The fourth-order valence-corrected chi connectivity index (χ4v) is 2.68. The topological polar surface area (TPSA) is 82.1 Å². The zero-order valence-electron chi connectivity index (χ0n) is 15.8. The molecule has 0 aliphatic rings. The Morgan fingerprint density at radius 3 is 2.24 bits per heavy atom. The normalized spacial score (nSPS) is 10.2. The maximum atomic E-state index is 12.7. The van der Waals surface area contributed by atoms with Crippen molar-refractivity contribution < 1.29 is 28.9 Å². The summed E-state index contributed by atoms with van der Waals surface area (Å²) in [5, 5.41) is 10.3. The lowest BCUT2D eigenvalue weighted by Crippen LogP contribution is -2.15. The second-order valence-electron chi connectivity index (χ2n) is 6.16. The van der Waals surface area contributed by atoms with Gasteiger partial charge in [-0.1, -0.05) is 48.5 Å². The lowest BCUT2D eigenvalue weighted by Gasteiger charge is -2.14. The Labute approximate surface area is 168 Å². The van der Waals surface area contributed by atoms with Crippen LogP contribution in [-0.2, 0) is 11.3 Å². The Morgan fingerprint density at radius 1 is 0.931 bits per heavy atom. The molecular formula is C23H20O6. The predicted molar refractivity (Wildman–Crippen MR) is 106 cm³/mol. The summed E-state index contributed by atoms with van der Waals surface area (Å²) in [6.07, 6.45) is 0. The number of ether oxygens (including phenoxy) is 3. The lowest BCUT2D eigenvalue weighted by molar-refractivity contribution is 0.0472. The number of methoxy groups -OCH3 is 1. The minimum atomic E-state index is -0.626. The molecule has 3 aromatic rings. The summed E-state index contributed by atoms with van der Waals surface area (Å²) >= 11 is 0. The van der Waals surface area contributed by atoms with Crippen LogP contribution in [0.2, 0.25) is 0 Å². The summed E-state index contributed by atoms with van der Waals surface area (Å²) in [5.74, 6) is -1.04. The maximum absolute atomic E-state index is 12.7. The van der Waals surface area contributed by atoms with E-state index < -0.39 is 18.4 Å². The van der Waals surface area contributed by atoms with E-state index in [0.717, 1.165) is 5.56 Å². The zero-order valence-corrected chi connectivity index (χ0v) is 15.8. The molecule has 29 heavy (non-hydrogen) atoms. The van der Waals surface area contributed by atoms with Gasteiger partial charge in [0.1, 0.15) is 29.4 Å². The molecule has 3 rings (SSSR count). The maximum Gasteiger partial charge on any atom is 0.338 e. The number of rotatable bonds is 8.